The highest BCUT2D eigenvalue weighted by molar-refractivity contribution is 5.76. The van der Waals surface area contributed by atoms with E-state index >= 15 is 0 Å². The Morgan fingerprint density at radius 2 is 1.67 bits per heavy atom. The van der Waals surface area contributed by atoms with Crippen molar-refractivity contribution >= 4 is 5.91 Å². The summed E-state index contributed by atoms with van der Waals surface area (Å²) in [6.07, 6.45) is 1.12. The molecule has 90 valence electrons. The van der Waals surface area contributed by atoms with Crippen LogP contribution in [0.25, 0.3) is 0 Å². The van der Waals surface area contributed by atoms with Gasteiger partial charge in [0.2, 0.25) is 5.91 Å². The van der Waals surface area contributed by atoms with Crippen molar-refractivity contribution in [1.29, 1.82) is 0 Å². The number of rotatable bonds is 4. The SMILES string of the molecule is CCC(=O)N(CCC(C)(C)O)C(C)(C)C. The minimum Gasteiger partial charge on any atom is -0.390 e. The van der Waals surface area contributed by atoms with Crippen LogP contribution < -0.4 is 0 Å². The maximum atomic E-state index is 11.7. The lowest BCUT2D eigenvalue weighted by Gasteiger charge is -2.37. The summed E-state index contributed by atoms with van der Waals surface area (Å²) >= 11 is 0. The molecule has 1 amide bonds. The molecule has 0 aromatic rings. The number of amides is 1. The largest absolute Gasteiger partial charge is 0.390 e. The second kappa shape index (κ2) is 4.97. The van der Waals surface area contributed by atoms with Gasteiger partial charge in [-0.25, -0.2) is 0 Å². The van der Waals surface area contributed by atoms with Crippen molar-refractivity contribution in [3.63, 3.8) is 0 Å². The van der Waals surface area contributed by atoms with E-state index in [9.17, 15) is 9.90 Å². The minimum atomic E-state index is -0.711. The van der Waals surface area contributed by atoms with Gasteiger partial charge in [0.15, 0.2) is 0 Å². The van der Waals surface area contributed by atoms with Gasteiger partial charge >= 0.3 is 0 Å². The Kier molecular flexibility index (Phi) is 4.78. The fraction of sp³-hybridized carbons (Fsp3) is 0.917. The van der Waals surface area contributed by atoms with E-state index in [0.717, 1.165) is 0 Å². The lowest BCUT2D eigenvalue weighted by atomic mass is 10.0. The molecule has 0 aromatic heterocycles. The maximum Gasteiger partial charge on any atom is 0.222 e. The molecule has 0 aliphatic rings. The van der Waals surface area contributed by atoms with E-state index in [2.05, 4.69) is 0 Å². The van der Waals surface area contributed by atoms with E-state index in [-0.39, 0.29) is 11.4 Å². The Labute approximate surface area is 93.5 Å². The summed E-state index contributed by atoms with van der Waals surface area (Å²) in [5, 5.41) is 9.65. The molecule has 0 bridgehead atoms. The first-order valence-electron chi connectivity index (χ1n) is 5.61. The van der Waals surface area contributed by atoms with Crippen LogP contribution in [0.15, 0.2) is 0 Å². The number of carbonyl (C=O) groups is 1. The van der Waals surface area contributed by atoms with Crippen molar-refractivity contribution < 1.29 is 9.90 Å². The molecule has 0 unspecified atom stereocenters. The smallest absolute Gasteiger partial charge is 0.222 e. The third kappa shape index (κ3) is 5.78. The Hall–Kier alpha value is -0.570. The number of hydrogen-bond donors (Lipinski definition) is 1. The Bertz CT molecular complexity index is 211. The molecule has 0 aromatic carbocycles. The first-order valence-corrected chi connectivity index (χ1v) is 5.61. The highest BCUT2D eigenvalue weighted by Crippen LogP contribution is 2.18. The molecule has 0 saturated carbocycles. The first kappa shape index (κ1) is 14.4. The summed E-state index contributed by atoms with van der Waals surface area (Å²) < 4.78 is 0. The minimum absolute atomic E-state index is 0.145. The van der Waals surface area contributed by atoms with Crippen molar-refractivity contribution in [1.82, 2.24) is 4.90 Å². The van der Waals surface area contributed by atoms with Gasteiger partial charge in [-0.1, -0.05) is 6.92 Å². The predicted octanol–water partition coefficient (Wildman–Crippen LogP) is 2.18. The van der Waals surface area contributed by atoms with Gasteiger partial charge in [0.05, 0.1) is 5.60 Å². The fourth-order valence-corrected chi connectivity index (χ4v) is 1.41. The fourth-order valence-electron chi connectivity index (χ4n) is 1.41. The molecule has 0 fully saturated rings. The van der Waals surface area contributed by atoms with Crippen LogP contribution in [0, 0.1) is 0 Å². The van der Waals surface area contributed by atoms with Gasteiger partial charge in [0.1, 0.15) is 0 Å². The molecule has 0 spiro atoms. The van der Waals surface area contributed by atoms with Gasteiger partial charge in [-0.05, 0) is 41.0 Å². The molecule has 3 heteroatoms. The van der Waals surface area contributed by atoms with E-state index in [1.165, 1.54) is 0 Å². The molecule has 1 N–H and O–H groups in total. The number of aliphatic hydroxyl groups is 1. The lowest BCUT2D eigenvalue weighted by Crippen LogP contribution is -2.47. The average Bonchev–Trinajstić information content (AvgIpc) is 1.99. The summed E-state index contributed by atoms with van der Waals surface area (Å²) in [5.74, 6) is 0.145. The van der Waals surface area contributed by atoms with E-state index in [1.54, 1.807) is 13.8 Å². The quantitative estimate of drug-likeness (QED) is 0.781. The maximum absolute atomic E-state index is 11.7. The topological polar surface area (TPSA) is 40.5 Å². The van der Waals surface area contributed by atoms with Crippen LogP contribution in [0.3, 0.4) is 0 Å². The summed E-state index contributed by atoms with van der Waals surface area (Å²) in [4.78, 5) is 13.6. The molecule has 0 atom stereocenters. The van der Waals surface area contributed by atoms with Gasteiger partial charge in [-0.2, -0.15) is 0 Å². The molecule has 0 aliphatic heterocycles. The Morgan fingerprint density at radius 3 is 1.93 bits per heavy atom. The van der Waals surface area contributed by atoms with Crippen LogP contribution in [-0.2, 0) is 4.79 Å². The molecule has 0 aliphatic carbocycles. The van der Waals surface area contributed by atoms with E-state index in [4.69, 9.17) is 0 Å². The highest BCUT2D eigenvalue weighted by Gasteiger charge is 2.26. The van der Waals surface area contributed by atoms with Crippen molar-refractivity contribution in [2.45, 2.75) is 65.5 Å². The molecule has 3 nitrogen and oxygen atoms in total. The van der Waals surface area contributed by atoms with Gasteiger partial charge in [0.25, 0.3) is 0 Å². The molecule has 0 heterocycles. The highest BCUT2D eigenvalue weighted by atomic mass is 16.3. The van der Waals surface area contributed by atoms with Gasteiger partial charge in [0, 0.05) is 18.5 Å². The van der Waals surface area contributed by atoms with Crippen molar-refractivity contribution in [2.24, 2.45) is 0 Å². The van der Waals surface area contributed by atoms with Crippen LogP contribution in [0.5, 0.6) is 0 Å². The monoisotopic (exact) mass is 215 g/mol. The van der Waals surface area contributed by atoms with Crippen LogP contribution in [-0.4, -0.2) is 33.6 Å². The molecular weight excluding hydrogens is 190 g/mol. The molecule has 0 radical (unpaired) electrons. The van der Waals surface area contributed by atoms with Gasteiger partial charge in [-0.3, -0.25) is 4.79 Å². The number of carbonyl (C=O) groups excluding carboxylic acids is 1. The molecule has 0 rings (SSSR count). The molecular formula is C12H25NO2. The van der Waals surface area contributed by atoms with Crippen LogP contribution in [0.2, 0.25) is 0 Å². The third-order valence-corrected chi connectivity index (χ3v) is 2.36. The van der Waals surface area contributed by atoms with Crippen molar-refractivity contribution in [3.8, 4) is 0 Å². The summed E-state index contributed by atoms with van der Waals surface area (Å²) in [6, 6.07) is 0. The van der Waals surface area contributed by atoms with Crippen LogP contribution >= 0.6 is 0 Å². The van der Waals surface area contributed by atoms with Crippen molar-refractivity contribution in [3.05, 3.63) is 0 Å². The Balaban J connectivity index is 4.48. The van der Waals surface area contributed by atoms with Gasteiger partial charge in [-0.15, -0.1) is 0 Å². The lowest BCUT2D eigenvalue weighted by molar-refractivity contribution is -0.136. The van der Waals surface area contributed by atoms with E-state index < -0.39 is 5.60 Å². The average molecular weight is 215 g/mol. The van der Waals surface area contributed by atoms with Crippen LogP contribution in [0.1, 0.15) is 54.4 Å². The zero-order chi connectivity index (χ0) is 12.3. The summed E-state index contributed by atoms with van der Waals surface area (Å²) in [6.45, 7) is 12.1. The third-order valence-electron chi connectivity index (χ3n) is 2.36. The normalized spacial score (nSPS) is 12.7. The van der Waals surface area contributed by atoms with E-state index in [0.29, 0.717) is 19.4 Å². The zero-order valence-corrected chi connectivity index (χ0v) is 10.9. The Morgan fingerprint density at radius 1 is 1.20 bits per heavy atom. The van der Waals surface area contributed by atoms with E-state index in [1.807, 2.05) is 32.6 Å². The second-order valence-electron chi connectivity index (χ2n) is 5.63. The molecule has 15 heavy (non-hydrogen) atoms. The zero-order valence-electron chi connectivity index (χ0n) is 10.9. The number of hydrogen-bond acceptors (Lipinski definition) is 2. The van der Waals surface area contributed by atoms with Crippen LogP contribution in [0.4, 0.5) is 0 Å². The predicted molar refractivity (Wildman–Crippen MR) is 62.7 cm³/mol. The number of nitrogens with zero attached hydrogens (tertiary/aromatic N) is 1. The summed E-state index contributed by atoms with van der Waals surface area (Å²) in [5.41, 5.74) is -0.879. The second-order valence-corrected chi connectivity index (χ2v) is 5.63. The van der Waals surface area contributed by atoms with Gasteiger partial charge < -0.3 is 10.0 Å². The standard InChI is InChI=1S/C12H25NO2/c1-7-10(14)13(11(2,3)4)9-8-12(5,6)15/h15H,7-9H2,1-6H3. The summed E-state index contributed by atoms with van der Waals surface area (Å²) in [7, 11) is 0. The molecule has 0 saturated heterocycles. The van der Waals surface area contributed by atoms with Crippen molar-refractivity contribution in [2.75, 3.05) is 6.54 Å². The first-order chi connectivity index (χ1) is 6.58.